The van der Waals surface area contributed by atoms with Gasteiger partial charge in [-0.3, -0.25) is 0 Å². The summed E-state index contributed by atoms with van der Waals surface area (Å²) < 4.78 is 12.9. The van der Waals surface area contributed by atoms with Gasteiger partial charge in [0.25, 0.3) is 0 Å². The first-order valence-corrected chi connectivity index (χ1v) is 3.95. The van der Waals surface area contributed by atoms with Crippen LogP contribution in [-0.4, -0.2) is 0 Å². The van der Waals surface area contributed by atoms with E-state index in [1.165, 1.54) is 12.2 Å². The molecule has 0 N–H and O–H groups in total. The quantitative estimate of drug-likeness (QED) is 0.428. The molecule has 0 nitrogen and oxygen atoms in total. The topological polar surface area (TPSA) is 0 Å². The van der Waals surface area contributed by atoms with Crippen molar-refractivity contribution in [3.8, 4) is 0 Å². The fourth-order valence-corrected chi connectivity index (χ4v) is 0.780. The molecule has 0 aromatic heterocycles. The van der Waals surface area contributed by atoms with Crippen molar-refractivity contribution in [1.29, 1.82) is 0 Å². The second-order valence-electron chi connectivity index (χ2n) is 2.56. The highest BCUT2D eigenvalue weighted by Gasteiger charge is 2.00. The largest absolute Gasteiger partial charge is 0.207 e. The van der Waals surface area contributed by atoms with Crippen LogP contribution in [0.1, 0.15) is 19.8 Å². The minimum Gasteiger partial charge on any atom is -0.207 e. The molecule has 1 heteroatoms. The highest BCUT2D eigenvalue weighted by molar-refractivity contribution is 5.30. The number of hydrogen-bond acceptors (Lipinski definition) is 0. The summed E-state index contributed by atoms with van der Waals surface area (Å²) in [5.74, 6) is -0.306. The Labute approximate surface area is 73.8 Å². The molecule has 12 heavy (non-hydrogen) atoms. The van der Waals surface area contributed by atoms with E-state index in [1.54, 1.807) is 0 Å². The zero-order valence-corrected chi connectivity index (χ0v) is 7.57. The van der Waals surface area contributed by atoms with Gasteiger partial charge in [-0.25, -0.2) is 4.39 Å². The molecule has 0 spiro atoms. The van der Waals surface area contributed by atoms with Crippen molar-refractivity contribution in [2.24, 2.45) is 0 Å². The predicted octanol–water partition coefficient (Wildman–Crippen LogP) is 3.94. The number of hydrogen-bond donors (Lipinski definition) is 0. The second-order valence-corrected chi connectivity index (χ2v) is 2.56. The Balaban J connectivity index is 4.47. The number of allylic oxidation sites excluding steroid dienone is 5. The molecular formula is C11H15F. The van der Waals surface area contributed by atoms with Crippen molar-refractivity contribution < 1.29 is 4.39 Å². The number of rotatable bonds is 5. The first kappa shape index (κ1) is 10.9. The van der Waals surface area contributed by atoms with E-state index in [-0.39, 0.29) is 5.83 Å². The Morgan fingerprint density at radius 1 is 1.33 bits per heavy atom. The molecule has 0 rings (SSSR count). The molecule has 0 heterocycles. The lowest BCUT2D eigenvalue weighted by Crippen LogP contribution is -1.85. The normalized spacial score (nSPS) is 11.8. The monoisotopic (exact) mass is 166 g/mol. The maximum absolute atomic E-state index is 12.9. The fraction of sp³-hybridized carbons (Fsp3) is 0.273. The van der Waals surface area contributed by atoms with Crippen LogP contribution in [0, 0.1) is 0 Å². The summed E-state index contributed by atoms with van der Waals surface area (Å²) in [7, 11) is 0. The average molecular weight is 166 g/mol. The van der Waals surface area contributed by atoms with E-state index in [2.05, 4.69) is 19.7 Å². The van der Waals surface area contributed by atoms with E-state index in [0.717, 1.165) is 12.0 Å². The van der Waals surface area contributed by atoms with E-state index in [9.17, 15) is 4.39 Å². The third-order valence-corrected chi connectivity index (χ3v) is 1.67. The standard InChI is InChI=1S/C11H15F/c1-5-9(4)8-10(6-2)11(12)7-3/h6-7H,2-5,8H2,1H3/b11-10-. The Morgan fingerprint density at radius 2 is 1.92 bits per heavy atom. The van der Waals surface area contributed by atoms with Gasteiger partial charge >= 0.3 is 0 Å². The molecular weight excluding hydrogens is 151 g/mol. The second kappa shape index (κ2) is 5.53. The highest BCUT2D eigenvalue weighted by atomic mass is 19.1. The van der Waals surface area contributed by atoms with Crippen LogP contribution in [-0.2, 0) is 0 Å². The lowest BCUT2D eigenvalue weighted by molar-refractivity contribution is 0.654. The summed E-state index contributed by atoms with van der Waals surface area (Å²) in [4.78, 5) is 0. The molecule has 0 unspecified atom stereocenters. The molecule has 0 saturated carbocycles. The molecule has 0 radical (unpaired) electrons. The smallest absolute Gasteiger partial charge is 0.126 e. The molecule has 0 fully saturated rings. The van der Waals surface area contributed by atoms with E-state index >= 15 is 0 Å². The van der Waals surface area contributed by atoms with Gasteiger partial charge < -0.3 is 0 Å². The SMILES string of the molecule is C=C/C(F)=C(\C=C)CC(=C)CC. The molecule has 0 aliphatic heterocycles. The molecule has 0 bridgehead atoms. The molecule has 0 aromatic rings. The van der Waals surface area contributed by atoms with Gasteiger partial charge in [-0.15, -0.1) is 0 Å². The van der Waals surface area contributed by atoms with Crippen LogP contribution in [0.25, 0.3) is 0 Å². The summed E-state index contributed by atoms with van der Waals surface area (Å²) in [6, 6.07) is 0. The van der Waals surface area contributed by atoms with Gasteiger partial charge in [-0.1, -0.05) is 38.3 Å². The lowest BCUT2D eigenvalue weighted by Gasteiger charge is -2.03. The van der Waals surface area contributed by atoms with Crippen molar-refractivity contribution >= 4 is 0 Å². The Kier molecular flexibility index (Phi) is 5.02. The average Bonchev–Trinajstić information content (AvgIpc) is 2.12. The van der Waals surface area contributed by atoms with Gasteiger partial charge in [0.2, 0.25) is 0 Å². The van der Waals surface area contributed by atoms with Crippen molar-refractivity contribution in [1.82, 2.24) is 0 Å². The third kappa shape index (κ3) is 3.33. The van der Waals surface area contributed by atoms with Crippen molar-refractivity contribution in [3.05, 3.63) is 48.9 Å². The zero-order valence-electron chi connectivity index (χ0n) is 7.57. The summed E-state index contributed by atoms with van der Waals surface area (Å²) in [6.45, 7) is 12.7. The molecule has 66 valence electrons. The summed E-state index contributed by atoms with van der Waals surface area (Å²) in [5.41, 5.74) is 1.57. The molecule has 0 aliphatic carbocycles. The third-order valence-electron chi connectivity index (χ3n) is 1.67. The van der Waals surface area contributed by atoms with Crippen LogP contribution in [0.3, 0.4) is 0 Å². The van der Waals surface area contributed by atoms with Crippen molar-refractivity contribution in [2.45, 2.75) is 19.8 Å². The van der Waals surface area contributed by atoms with Gasteiger partial charge in [0.15, 0.2) is 0 Å². The van der Waals surface area contributed by atoms with E-state index in [4.69, 9.17) is 0 Å². The minimum absolute atomic E-state index is 0.306. The van der Waals surface area contributed by atoms with Crippen molar-refractivity contribution in [2.75, 3.05) is 0 Å². The highest BCUT2D eigenvalue weighted by Crippen LogP contribution is 2.18. The van der Waals surface area contributed by atoms with Crippen LogP contribution in [0.2, 0.25) is 0 Å². The molecule has 0 amide bonds. The Hall–Kier alpha value is -1.11. The van der Waals surface area contributed by atoms with Gasteiger partial charge in [0, 0.05) is 0 Å². The molecule has 0 aromatic carbocycles. The maximum Gasteiger partial charge on any atom is 0.126 e. The van der Waals surface area contributed by atoms with Gasteiger partial charge in [0.1, 0.15) is 5.83 Å². The van der Waals surface area contributed by atoms with Crippen LogP contribution in [0.15, 0.2) is 48.9 Å². The summed E-state index contributed by atoms with van der Waals surface area (Å²) in [6.07, 6.45) is 4.12. The first-order chi connectivity index (χ1) is 5.65. The van der Waals surface area contributed by atoms with Gasteiger partial charge in [-0.2, -0.15) is 0 Å². The predicted molar refractivity (Wildman–Crippen MR) is 52.6 cm³/mol. The van der Waals surface area contributed by atoms with E-state index in [1.807, 2.05) is 6.92 Å². The van der Waals surface area contributed by atoms with Crippen LogP contribution >= 0.6 is 0 Å². The molecule has 0 saturated heterocycles. The van der Waals surface area contributed by atoms with Crippen LogP contribution in [0.5, 0.6) is 0 Å². The Morgan fingerprint density at radius 3 is 2.25 bits per heavy atom. The van der Waals surface area contributed by atoms with Crippen molar-refractivity contribution in [3.63, 3.8) is 0 Å². The van der Waals surface area contributed by atoms with E-state index in [0.29, 0.717) is 12.0 Å². The Bertz CT molecular complexity index is 221. The first-order valence-electron chi connectivity index (χ1n) is 3.95. The molecule has 0 atom stereocenters. The molecule has 0 aliphatic rings. The summed E-state index contributed by atoms with van der Waals surface area (Å²) >= 11 is 0. The van der Waals surface area contributed by atoms with Crippen LogP contribution in [0.4, 0.5) is 4.39 Å². The lowest BCUT2D eigenvalue weighted by atomic mass is 10.0. The maximum atomic E-state index is 12.9. The van der Waals surface area contributed by atoms with Crippen LogP contribution < -0.4 is 0 Å². The fourth-order valence-electron chi connectivity index (χ4n) is 0.780. The van der Waals surface area contributed by atoms with Gasteiger partial charge in [-0.05, 0) is 24.5 Å². The summed E-state index contributed by atoms with van der Waals surface area (Å²) in [5, 5.41) is 0. The van der Waals surface area contributed by atoms with Gasteiger partial charge in [0.05, 0.1) is 0 Å². The minimum atomic E-state index is -0.306. The number of halogens is 1. The zero-order chi connectivity index (χ0) is 9.56. The van der Waals surface area contributed by atoms with E-state index < -0.39 is 0 Å².